The lowest BCUT2D eigenvalue weighted by Crippen LogP contribution is -2.39. The van der Waals surface area contributed by atoms with E-state index < -0.39 is 0 Å². The van der Waals surface area contributed by atoms with E-state index in [9.17, 15) is 0 Å². The van der Waals surface area contributed by atoms with Gasteiger partial charge in [-0.15, -0.1) is 0 Å². The maximum absolute atomic E-state index is 5.89. The molecule has 5 heteroatoms. The Morgan fingerprint density at radius 2 is 1.94 bits per heavy atom. The molecule has 1 aliphatic heterocycles. The van der Waals surface area contributed by atoms with E-state index in [1.165, 1.54) is 11.5 Å². The van der Waals surface area contributed by atoms with Crippen LogP contribution in [0.3, 0.4) is 0 Å². The van der Waals surface area contributed by atoms with Gasteiger partial charge in [0.05, 0.1) is 0 Å². The van der Waals surface area contributed by atoms with E-state index in [1.807, 2.05) is 0 Å². The summed E-state index contributed by atoms with van der Waals surface area (Å²) >= 11 is 1.51. The Kier molecular flexibility index (Phi) is 3.17. The third-order valence-electron chi connectivity index (χ3n) is 2.90. The molecular weight excluding hydrogens is 220 g/mol. The van der Waals surface area contributed by atoms with Gasteiger partial charge in [-0.05, 0) is 12.8 Å². The second kappa shape index (κ2) is 4.30. The van der Waals surface area contributed by atoms with Crippen LogP contribution in [-0.2, 0) is 5.41 Å². The number of aromatic nitrogens is 2. The Morgan fingerprint density at radius 3 is 2.44 bits per heavy atom. The number of piperidine rings is 1. The third-order valence-corrected chi connectivity index (χ3v) is 3.67. The number of hydrogen-bond donors (Lipinski definition) is 1. The Bertz CT molecular complexity index is 347. The van der Waals surface area contributed by atoms with E-state index in [0.717, 1.165) is 36.9 Å². The SMILES string of the molecule is CC(C)(C)c1nsc(N2CCC(N)CC2)n1. The zero-order valence-electron chi connectivity index (χ0n) is 10.2. The highest BCUT2D eigenvalue weighted by atomic mass is 32.1. The number of hydrogen-bond acceptors (Lipinski definition) is 5. The number of nitrogens with zero attached hydrogens (tertiary/aromatic N) is 3. The molecule has 1 aliphatic rings. The van der Waals surface area contributed by atoms with Crippen molar-refractivity contribution in [3.63, 3.8) is 0 Å². The first-order chi connectivity index (χ1) is 7.47. The Labute approximate surface area is 101 Å². The van der Waals surface area contributed by atoms with E-state index in [4.69, 9.17) is 5.73 Å². The average molecular weight is 240 g/mol. The molecule has 2 N–H and O–H groups in total. The zero-order valence-corrected chi connectivity index (χ0v) is 11.0. The van der Waals surface area contributed by atoms with Gasteiger partial charge in [-0.25, -0.2) is 4.98 Å². The van der Waals surface area contributed by atoms with Crippen LogP contribution in [0.1, 0.15) is 39.4 Å². The highest BCUT2D eigenvalue weighted by Gasteiger charge is 2.23. The summed E-state index contributed by atoms with van der Waals surface area (Å²) in [7, 11) is 0. The quantitative estimate of drug-likeness (QED) is 0.812. The standard InChI is InChI=1S/C11H20N4S/c1-11(2,3)9-13-10(16-14-9)15-6-4-8(12)5-7-15/h8H,4-7,12H2,1-3H3. The first-order valence-electron chi connectivity index (χ1n) is 5.81. The summed E-state index contributed by atoms with van der Waals surface area (Å²) in [6.45, 7) is 8.46. The van der Waals surface area contributed by atoms with Crippen LogP contribution in [-0.4, -0.2) is 28.5 Å². The van der Waals surface area contributed by atoms with Crippen LogP contribution < -0.4 is 10.6 Å². The molecule has 0 radical (unpaired) electrons. The molecule has 16 heavy (non-hydrogen) atoms. The summed E-state index contributed by atoms with van der Waals surface area (Å²) in [5.74, 6) is 0.947. The fourth-order valence-electron chi connectivity index (χ4n) is 1.74. The molecule has 1 saturated heterocycles. The molecule has 0 aliphatic carbocycles. The van der Waals surface area contributed by atoms with Crippen LogP contribution in [0.25, 0.3) is 0 Å². The molecule has 0 aromatic carbocycles. The van der Waals surface area contributed by atoms with E-state index >= 15 is 0 Å². The lowest BCUT2D eigenvalue weighted by atomic mass is 9.96. The number of rotatable bonds is 1. The van der Waals surface area contributed by atoms with Gasteiger partial charge in [0, 0.05) is 36.1 Å². The molecule has 0 atom stereocenters. The minimum atomic E-state index is 0.0426. The van der Waals surface area contributed by atoms with Gasteiger partial charge in [0.2, 0.25) is 5.13 Å². The lowest BCUT2D eigenvalue weighted by Gasteiger charge is -2.29. The second-order valence-electron chi connectivity index (χ2n) is 5.48. The molecule has 0 unspecified atom stereocenters. The maximum Gasteiger partial charge on any atom is 0.205 e. The molecule has 2 heterocycles. The highest BCUT2D eigenvalue weighted by Crippen LogP contribution is 2.26. The molecule has 1 fully saturated rings. The fourth-order valence-corrected chi connectivity index (χ4v) is 2.65. The predicted molar refractivity (Wildman–Crippen MR) is 68.0 cm³/mol. The molecule has 4 nitrogen and oxygen atoms in total. The van der Waals surface area contributed by atoms with Crippen molar-refractivity contribution in [1.29, 1.82) is 0 Å². The van der Waals surface area contributed by atoms with Gasteiger partial charge in [0.15, 0.2) is 0 Å². The molecule has 0 bridgehead atoms. The summed E-state index contributed by atoms with van der Waals surface area (Å²) in [6, 6.07) is 0.367. The summed E-state index contributed by atoms with van der Waals surface area (Å²) in [6.07, 6.45) is 2.12. The average Bonchev–Trinajstić information content (AvgIpc) is 2.67. The van der Waals surface area contributed by atoms with Crippen LogP contribution in [0, 0.1) is 0 Å². The van der Waals surface area contributed by atoms with Gasteiger partial charge in [-0.3, -0.25) is 0 Å². The van der Waals surface area contributed by atoms with Crippen molar-refractivity contribution in [2.75, 3.05) is 18.0 Å². The molecule has 1 aromatic rings. The van der Waals surface area contributed by atoms with Crippen molar-refractivity contribution in [3.05, 3.63) is 5.82 Å². The third kappa shape index (κ3) is 2.52. The minimum absolute atomic E-state index is 0.0426. The van der Waals surface area contributed by atoms with Crippen molar-refractivity contribution in [1.82, 2.24) is 9.36 Å². The van der Waals surface area contributed by atoms with Gasteiger partial charge >= 0.3 is 0 Å². The Morgan fingerprint density at radius 1 is 1.31 bits per heavy atom. The molecule has 0 saturated carbocycles. The summed E-state index contributed by atoms with van der Waals surface area (Å²) in [4.78, 5) is 6.92. The first kappa shape index (κ1) is 11.8. The summed E-state index contributed by atoms with van der Waals surface area (Å²) in [5.41, 5.74) is 5.93. The van der Waals surface area contributed by atoms with Gasteiger partial charge in [0.1, 0.15) is 5.82 Å². The molecule has 90 valence electrons. The summed E-state index contributed by atoms with van der Waals surface area (Å²) in [5, 5.41) is 1.05. The fraction of sp³-hybridized carbons (Fsp3) is 0.818. The molecule has 1 aromatic heterocycles. The minimum Gasteiger partial charge on any atom is -0.347 e. The largest absolute Gasteiger partial charge is 0.347 e. The van der Waals surface area contributed by atoms with Crippen molar-refractivity contribution in [2.45, 2.75) is 45.1 Å². The van der Waals surface area contributed by atoms with Crippen molar-refractivity contribution in [3.8, 4) is 0 Å². The van der Waals surface area contributed by atoms with Crippen molar-refractivity contribution >= 4 is 16.7 Å². The maximum atomic E-state index is 5.89. The zero-order chi connectivity index (χ0) is 11.8. The lowest BCUT2D eigenvalue weighted by molar-refractivity contribution is 0.498. The van der Waals surface area contributed by atoms with Gasteiger partial charge < -0.3 is 10.6 Å². The van der Waals surface area contributed by atoms with Gasteiger partial charge in [0.25, 0.3) is 0 Å². The first-order valence-corrected chi connectivity index (χ1v) is 6.59. The number of anilines is 1. The normalized spacial score (nSPS) is 19.1. The molecule has 0 amide bonds. The van der Waals surface area contributed by atoms with Crippen LogP contribution in [0.4, 0.5) is 5.13 Å². The van der Waals surface area contributed by atoms with Crippen molar-refractivity contribution < 1.29 is 0 Å². The van der Waals surface area contributed by atoms with Crippen molar-refractivity contribution in [2.24, 2.45) is 5.73 Å². The van der Waals surface area contributed by atoms with Crippen LogP contribution in [0.2, 0.25) is 0 Å². The summed E-state index contributed by atoms with van der Waals surface area (Å²) < 4.78 is 4.44. The predicted octanol–water partition coefficient (Wildman–Crippen LogP) is 1.76. The Balaban J connectivity index is 2.08. The molecule has 0 spiro atoms. The van der Waals surface area contributed by atoms with Crippen LogP contribution in [0.15, 0.2) is 0 Å². The molecular formula is C11H20N4S. The van der Waals surface area contributed by atoms with E-state index in [0.29, 0.717) is 6.04 Å². The van der Waals surface area contributed by atoms with Gasteiger partial charge in [-0.2, -0.15) is 4.37 Å². The van der Waals surface area contributed by atoms with Crippen LogP contribution >= 0.6 is 11.5 Å². The molecule has 2 rings (SSSR count). The topological polar surface area (TPSA) is 55.0 Å². The van der Waals surface area contributed by atoms with Crippen LogP contribution in [0.5, 0.6) is 0 Å². The van der Waals surface area contributed by atoms with E-state index in [-0.39, 0.29) is 5.41 Å². The smallest absolute Gasteiger partial charge is 0.205 e. The second-order valence-corrected chi connectivity index (χ2v) is 6.21. The number of nitrogens with two attached hydrogens (primary N) is 1. The van der Waals surface area contributed by atoms with E-state index in [2.05, 4.69) is 35.0 Å². The van der Waals surface area contributed by atoms with Gasteiger partial charge in [-0.1, -0.05) is 20.8 Å². The van der Waals surface area contributed by atoms with E-state index in [1.54, 1.807) is 0 Å². The highest BCUT2D eigenvalue weighted by molar-refractivity contribution is 7.09. The Hall–Kier alpha value is -0.680. The monoisotopic (exact) mass is 240 g/mol.